The van der Waals surface area contributed by atoms with Crippen LogP contribution >= 0.6 is 0 Å². The molecule has 0 unspecified atom stereocenters. The van der Waals surface area contributed by atoms with E-state index in [4.69, 9.17) is 0 Å². The standard InChI is InChI=1S/C58H36N4/c1-5-19-37(20-6-1)59(38-21-7-2-8-22-38)55-49-35-48-46-32-18-30-44-42-28-14-16-34-52(42)62(54(44)46)58(48)56(60(39-23-9-3-10-24-39)40-25-11-4-12-26-40)50(49)36-47-45-31-17-29-43-41-27-13-15-33-51(41)61(53(43)45)57(47)55/h1-36H. The van der Waals surface area contributed by atoms with Gasteiger partial charge in [-0.2, -0.15) is 0 Å². The molecule has 0 amide bonds. The second-order valence-corrected chi connectivity index (χ2v) is 16.5. The van der Waals surface area contributed by atoms with E-state index in [1.54, 1.807) is 0 Å². The molecule has 0 bridgehead atoms. The van der Waals surface area contributed by atoms with E-state index >= 15 is 0 Å². The first-order valence-electron chi connectivity index (χ1n) is 21.4. The van der Waals surface area contributed by atoms with Gasteiger partial charge in [-0.05, 0) is 72.8 Å². The van der Waals surface area contributed by atoms with Crippen LogP contribution in [0.4, 0.5) is 34.1 Å². The van der Waals surface area contributed by atoms with Crippen molar-refractivity contribution in [3.63, 3.8) is 0 Å². The fourth-order valence-electron chi connectivity index (χ4n) is 10.9. The maximum atomic E-state index is 2.56. The maximum absolute atomic E-state index is 2.56. The number of hydrogen-bond donors (Lipinski definition) is 0. The van der Waals surface area contributed by atoms with Gasteiger partial charge in [-0.3, -0.25) is 0 Å². The third-order valence-electron chi connectivity index (χ3n) is 13.3. The van der Waals surface area contributed by atoms with Gasteiger partial charge in [0.25, 0.3) is 0 Å². The van der Waals surface area contributed by atoms with E-state index in [2.05, 4.69) is 237 Å². The summed E-state index contributed by atoms with van der Waals surface area (Å²) in [5, 5.41) is 12.3. The van der Waals surface area contributed by atoms with Gasteiger partial charge >= 0.3 is 0 Å². The Morgan fingerprint density at radius 1 is 0.226 bits per heavy atom. The molecule has 0 atom stereocenters. The molecule has 0 saturated carbocycles. The highest BCUT2D eigenvalue weighted by atomic mass is 15.2. The van der Waals surface area contributed by atoms with Crippen molar-refractivity contribution in [1.29, 1.82) is 0 Å². The van der Waals surface area contributed by atoms with E-state index in [9.17, 15) is 0 Å². The number of hydrogen-bond acceptors (Lipinski definition) is 2. The highest BCUT2D eigenvalue weighted by Crippen LogP contribution is 2.55. The zero-order valence-corrected chi connectivity index (χ0v) is 33.6. The van der Waals surface area contributed by atoms with Crippen molar-refractivity contribution >= 4 is 121 Å². The molecule has 14 rings (SSSR count). The summed E-state index contributed by atoms with van der Waals surface area (Å²) in [6.45, 7) is 0. The second-order valence-electron chi connectivity index (χ2n) is 16.5. The lowest BCUT2D eigenvalue weighted by atomic mass is 9.96. The molecule has 4 heteroatoms. The highest BCUT2D eigenvalue weighted by Gasteiger charge is 2.31. The summed E-state index contributed by atoms with van der Waals surface area (Å²) in [6, 6.07) is 80.2. The van der Waals surface area contributed by atoms with Crippen LogP contribution in [0.1, 0.15) is 0 Å². The molecular weight excluding hydrogens is 753 g/mol. The zero-order valence-electron chi connectivity index (χ0n) is 33.6. The molecule has 4 aromatic heterocycles. The Bertz CT molecular complexity index is 3680. The van der Waals surface area contributed by atoms with Gasteiger partial charge in [-0.15, -0.1) is 0 Å². The maximum Gasteiger partial charge on any atom is 0.0789 e. The average Bonchev–Trinajstić information content (AvgIpc) is 4.07. The molecular formula is C58H36N4. The van der Waals surface area contributed by atoms with E-state index in [1.165, 1.54) is 87.0 Å². The summed E-state index contributed by atoms with van der Waals surface area (Å²) in [4.78, 5) is 5.01. The third kappa shape index (κ3) is 4.40. The molecule has 288 valence electrons. The normalized spacial score (nSPS) is 12.2. The Kier molecular flexibility index (Phi) is 6.80. The zero-order chi connectivity index (χ0) is 40.5. The van der Waals surface area contributed by atoms with Gasteiger partial charge in [-0.1, -0.05) is 146 Å². The second kappa shape index (κ2) is 12.6. The predicted octanol–water partition coefficient (Wildman–Crippen LogP) is 16.1. The number of para-hydroxylation sites is 8. The van der Waals surface area contributed by atoms with Crippen molar-refractivity contribution in [1.82, 2.24) is 8.80 Å². The average molecular weight is 789 g/mol. The summed E-state index contributed by atoms with van der Waals surface area (Å²) in [7, 11) is 0. The fraction of sp³-hybridized carbons (Fsp3) is 0. The van der Waals surface area contributed by atoms with Gasteiger partial charge < -0.3 is 18.6 Å². The lowest BCUT2D eigenvalue weighted by Gasteiger charge is -2.31. The molecule has 0 saturated heterocycles. The van der Waals surface area contributed by atoms with Crippen LogP contribution in [0.2, 0.25) is 0 Å². The first kappa shape index (κ1) is 33.5. The van der Waals surface area contributed by atoms with E-state index in [0.29, 0.717) is 0 Å². The van der Waals surface area contributed by atoms with Crippen LogP contribution in [-0.4, -0.2) is 8.80 Å². The van der Waals surface area contributed by atoms with Gasteiger partial charge in [0.1, 0.15) is 0 Å². The highest BCUT2D eigenvalue weighted by molar-refractivity contribution is 6.34. The van der Waals surface area contributed by atoms with Crippen LogP contribution in [0.25, 0.3) is 87.0 Å². The van der Waals surface area contributed by atoms with Crippen LogP contribution in [0, 0.1) is 0 Å². The molecule has 10 aromatic carbocycles. The first-order valence-corrected chi connectivity index (χ1v) is 21.4. The molecule has 4 heterocycles. The molecule has 0 fully saturated rings. The molecule has 0 aliphatic rings. The molecule has 62 heavy (non-hydrogen) atoms. The summed E-state index contributed by atoms with van der Waals surface area (Å²) in [5.41, 5.74) is 14.0. The summed E-state index contributed by atoms with van der Waals surface area (Å²) < 4.78 is 5.11. The predicted molar refractivity (Wildman–Crippen MR) is 263 cm³/mol. The van der Waals surface area contributed by atoms with E-state index in [1.807, 2.05) is 0 Å². The van der Waals surface area contributed by atoms with E-state index in [0.717, 1.165) is 34.1 Å². The Morgan fingerprint density at radius 2 is 0.516 bits per heavy atom. The minimum atomic E-state index is 1.10. The van der Waals surface area contributed by atoms with Gasteiger partial charge in [0.2, 0.25) is 0 Å². The Hall–Kier alpha value is -8.34. The SMILES string of the molecule is c1ccc(N(c2ccccc2)c2c3cc4c5cccc6c7ccccc7n(c4c(N(c4ccccc4)c4ccccc4)c3cc3c4cccc7c8ccccc8n(c23)c74)c65)cc1. The molecule has 0 aliphatic heterocycles. The summed E-state index contributed by atoms with van der Waals surface area (Å²) >= 11 is 0. The molecule has 0 spiro atoms. The molecule has 4 nitrogen and oxygen atoms in total. The lowest BCUT2D eigenvalue weighted by molar-refractivity contribution is 1.27. The third-order valence-corrected chi connectivity index (χ3v) is 13.3. The fourth-order valence-corrected chi connectivity index (χ4v) is 10.9. The monoisotopic (exact) mass is 788 g/mol. The molecule has 0 aliphatic carbocycles. The van der Waals surface area contributed by atoms with Crippen molar-refractivity contribution in [2.24, 2.45) is 0 Å². The Morgan fingerprint density at radius 3 is 0.871 bits per heavy atom. The molecule has 0 N–H and O–H groups in total. The Balaban J connectivity index is 1.31. The minimum absolute atomic E-state index is 1.10. The summed E-state index contributed by atoms with van der Waals surface area (Å²) in [5.74, 6) is 0. The van der Waals surface area contributed by atoms with Gasteiger partial charge in [0.15, 0.2) is 0 Å². The van der Waals surface area contributed by atoms with Gasteiger partial charge in [-0.25, -0.2) is 0 Å². The first-order chi connectivity index (χ1) is 30.8. The van der Waals surface area contributed by atoms with Crippen LogP contribution < -0.4 is 9.80 Å². The quantitative estimate of drug-likeness (QED) is 0.167. The largest absolute Gasteiger partial charge is 0.308 e. The van der Waals surface area contributed by atoms with E-state index < -0.39 is 0 Å². The van der Waals surface area contributed by atoms with Gasteiger partial charge in [0.05, 0.1) is 44.5 Å². The topological polar surface area (TPSA) is 15.3 Å². The van der Waals surface area contributed by atoms with Crippen LogP contribution in [0.3, 0.4) is 0 Å². The summed E-state index contributed by atoms with van der Waals surface area (Å²) in [6.07, 6.45) is 0. The lowest BCUT2D eigenvalue weighted by Crippen LogP contribution is -2.14. The number of anilines is 6. The van der Waals surface area contributed by atoms with Gasteiger partial charge in [0, 0.05) is 76.6 Å². The van der Waals surface area contributed by atoms with Crippen molar-refractivity contribution in [2.45, 2.75) is 0 Å². The molecule has 0 radical (unpaired) electrons. The molecule has 14 aromatic rings. The van der Waals surface area contributed by atoms with Crippen LogP contribution in [0.5, 0.6) is 0 Å². The number of nitrogens with zero attached hydrogens (tertiary/aromatic N) is 4. The number of benzene rings is 10. The number of aromatic nitrogens is 2. The van der Waals surface area contributed by atoms with E-state index in [-0.39, 0.29) is 0 Å². The smallest absolute Gasteiger partial charge is 0.0789 e. The number of rotatable bonds is 6. The minimum Gasteiger partial charge on any atom is -0.308 e. The van der Waals surface area contributed by atoms with Crippen molar-refractivity contribution in [3.05, 3.63) is 218 Å². The Labute approximate surface area is 356 Å². The van der Waals surface area contributed by atoms with Crippen molar-refractivity contribution in [3.8, 4) is 0 Å². The van der Waals surface area contributed by atoms with Crippen LogP contribution in [0.15, 0.2) is 218 Å². The van der Waals surface area contributed by atoms with Crippen molar-refractivity contribution < 1.29 is 0 Å². The van der Waals surface area contributed by atoms with Crippen molar-refractivity contribution in [2.75, 3.05) is 9.80 Å². The van der Waals surface area contributed by atoms with Crippen LogP contribution in [-0.2, 0) is 0 Å². The number of fused-ring (bicyclic) bond motifs is 13.